The second-order valence-corrected chi connectivity index (χ2v) is 8.67. The highest BCUT2D eigenvalue weighted by atomic mass is 127. The fourth-order valence-electron chi connectivity index (χ4n) is 2.13. The lowest BCUT2D eigenvalue weighted by atomic mass is 10.1. The van der Waals surface area contributed by atoms with Gasteiger partial charge in [0, 0.05) is 24.3 Å². The van der Waals surface area contributed by atoms with Gasteiger partial charge in [0.05, 0.1) is 36.7 Å². The third-order valence-corrected chi connectivity index (χ3v) is 6.60. The van der Waals surface area contributed by atoms with Gasteiger partial charge in [-0.3, -0.25) is 14.4 Å². The topological polar surface area (TPSA) is 142 Å². The maximum atomic E-state index is 12.9. The van der Waals surface area contributed by atoms with Gasteiger partial charge in [-0.25, -0.2) is 0 Å². The van der Waals surface area contributed by atoms with Crippen LogP contribution < -0.4 is 11.1 Å². The largest absolute Gasteiger partial charge is 0.394 e. The summed E-state index contributed by atoms with van der Waals surface area (Å²) in [4.78, 5) is 38.1. The molecule has 3 amide bonds. The smallest absolute Gasteiger partial charge is 0.255 e. The van der Waals surface area contributed by atoms with Gasteiger partial charge in [-0.15, -0.1) is 0 Å². The van der Waals surface area contributed by atoms with Gasteiger partial charge in [-0.2, -0.15) is 0 Å². The molecule has 150 valence electrons. The summed E-state index contributed by atoms with van der Waals surface area (Å²) in [6.45, 7) is -0.802. The lowest BCUT2D eigenvalue weighted by Crippen LogP contribution is -2.37. The van der Waals surface area contributed by atoms with E-state index in [2.05, 4.69) is 5.32 Å². The number of halogens is 3. The second-order valence-electron chi connectivity index (χ2n) is 5.43. The molecule has 1 unspecified atom stereocenters. The number of nitrogens with zero attached hydrogens (tertiary/aromatic N) is 1. The second kappa shape index (κ2) is 11.0. The maximum Gasteiger partial charge on any atom is 0.255 e. The molecule has 0 aliphatic carbocycles. The Bertz CT molecular complexity index is 759. The number of amides is 3. The minimum Gasteiger partial charge on any atom is -0.394 e. The Labute approximate surface area is 196 Å². The molecule has 1 atom stereocenters. The number of aliphatic hydroxyl groups is 2. The molecular formula is C15H18I3N3O6. The molecule has 1 aromatic carbocycles. The van der Waals surface area contributed by atoms with E-state index in [4.69, 9.17) is 15.6 Å². The van der Waals surface area contributed by atoms with Gasteiger partial charge < -0.3 is 30.9 Å². The zero-order valence-corrected chi connectivity index (χ0v) is 20.9. The number of anilines is 1. The standard InChI is InChI=1S/C15H18I3N3O6/c1-21(3-6(23)4-22)15(26)9-10(16)8(14(19)25)11(17)13(12(9)18)20-7(24)5-27-2/h6,22-23H,3-5H2,1-2H3,(H2,19,25)(H,20,24). The van der Waals surface area contributed by atoms with E-state index < -0.39 is 30.4 Å². The first-order chi connectivity index (χ1) is 12.6. The summed E-state index contributed by atoms with van der Waals surface area (Å²) in [5.41, 5.74) is 6.06. The predicted molar refractivity (Wildman–Crippen MR) is 124 cm³/mol. The molecule has 1 rings (SSSR count). The van der Waals surface area contributed by atoms with E-state index in [0.29, 0.717) is 10.7 Å². The van der Waals surface area contributed by atoms with E-state index in [9.17, 15) is 19.5 Å². The van der Waals surface area contributed by atoms with Crippen molar-refractivity contribution in [2.45, 2.75) is 6.10 Å². The maximum absolute atomic E-state index is 12.9. The third-order valence-electron chi connectivity index (χ3n) is 3.36. The molecule has 5 N–H and O–H groups in total. The number of likely N-dealkylation sites (N-methyl/N-ethyl adjacent to an activating group) is 1. The van der Waals surface area contributed by atoms with E-state index >= 15 is 0 Å². The van der Waals surface area contributed by atoms with Crippen molar-refractivity contribution in [3.8, 4) is 0 Å². The summed E-state index contributed by atoms with van der Waals surface area (Å²) in [6, 6.07) is 0. The highest BCUT2D eigenvalue weighted by Gasteiger charge is 2.29. The highest BCUT2D eigenvalue weighted by Crippen LogP contribution is 2.36. The number of benzene rings is 1. The quantitative estimate of drug-likeness (QED) is 0.291. The summed E-state index contributed by atoms with van der Waals surface area (Å²) in [6.07, 6.45) is -1.10. The van der Waals surface area contributed by atoms with E-state index in [0.717, 1.165) is 0 Å². The van der Waals surface area contributed by atoms with Crippen molar-refractivity contribution in [2.24, 2.45) is 5.73 Å². The van der Waals surface area contributed by atoms with E-state index in [1.54, 1.807) is 0 Å². The van der Waals surface area contributed by atoms with Crippen molar-refractivity contribution in [3.05, 3.63) is 21.8 Å². The average molecular weight is 717 g/mol. The average Bonchev–Trinajstić information content (AvgIpc) is 2.58. The summed E-state index contributed by atoms with van der Waals surface area (Å²) in [5.74, 6) is -1.68. The Morgan fingerprint density at radius 1 is 1.19 bits per heavy atom. The molecule has 0 saturated carbocycles. The van der Waals surface area contributed by atoms with Crippen LogP contribution >= 0.6 is 67.8 Å². The number of methoxy groups -OCH3 is 1. The minimum absolute atomic E-state index is 0.106. The minimum atomic E-state index is -1.10. The van der Waals surface area contributed by atoms with Crippen LogP contribution in [-0.2, 0) is 9.53 Å². The predicted octanol–water partition coefficient (Wildman–Crippen LogP) is 0.609. The Kier molecular flexibility index (Phi) is 10.1. The summed E-state index contributed by atoms with van der Waals surface area (Å²) in [5, 5.41) is 21.2. The molecule has 0 aliphatic heterocycles. The number of ether oxygens (including phenoxy) is 1. The fourth-order valence-corrected chi connectivity index (χ4v) is 6.56. The number of hydrogen-bond acceptors (Lipinski definition) is 6. The van der Waals surface area contributed by atoms with E-state index in [1.807, 2.05) is 67.8 Å². The number of carbonyl (C=O) groups is 3. The van der Waals surface area contributed by atoms with Crippen LogP contribution in [0, 0.1) is 10.7 Å². The fraction of sp³-hybridized carbons (Fsp3) is 0.400. The van der Waals surface area contributed by atoms with Crippen LogP contribution in [0.4, 0.5) is 5.69 Å². The van der Waals surface area contributed by atoms with Crippen LogP contribution in [0.2, 0.25) is 0 Å². The third kappa shape index (κ3) is 6.09. The molecule has 0 heterocycles. The van der Waals surface area contributed by atoms with E-state index in [1.165, 1.54) is 19.1 Å². The van der Waals surface area contributed by atoms with Crippen molar-refractivity contribution in [3.63, 3.8) is 0 Å². The number of primary amides is 1. The van der Waals surface area contributed by atoms with Crippen molar-refractivity contribution >= 4 is 91.2 Å². The van der Waals surface area contributed by atoms with Crippen LogP contribution in [-0.4, -0.2) is 72.9 Å². The number of rotatable bonds is 8. The summed E-state index contributed by atoms with van der Waals surface area (Å²) < 4.78 is 5.97. The number of carbonyl (C=O) groups excluding carboxylic acids is 3. The molecule has 9 nitrogen and oxygen atoms in total. The van der Waals surface area contributed by atoms with Gasteiger partial charge >= 0.3 is 0 Å². The molecule has 0 radical (unpaired) electrons. The van der Waals surface area contributed by atoms with Crippen molar-refractivity contribution in [1.29, 1.82) is 0 Å². The lowest BCUT2D eigenvalue weighted by Gasteiger charge is -2.23. The zero-order valence-electron chi connectivity index (χ0n) is 14.4. The molecule has 0 fully saturated rings. The van der Waals surface area contributed by atoms with Crippen LogP contribution in [0.1, 0.15) is 20.7 Å². The first-order valence-corrected chi connectivity index (χ1v) is 10.6. The molecule has 0 aliphatic rings. The molecule has 12 heteroatoms. The van der Waals surface area contributed by atoms with Crippen molar-refractivity contribution in [2.75, 3.05) is 39.2 Å². The molecule has 27 heavy (non-hydrogen) atoms. The zero-order chi connectivity index (χ0) is 20.9. The van der Waals surface area contributed by atoms with Gasteiger partial charge in [0.15, 0.2) is 0 Å². The molecule has 1 aromatic rings. The Balaban J connectivity index is 3.54. The number of aliphatic hydroxyl groups excluding tert-OH is 2. The van der Waals surface area contributed by atoms with Crippen molar-refractivity contribution < 1.29 is 29.3 Å². The van der Waals surface area contributed by atoms with E-state index in [-0.39, 0.29) is 30.0 Å². The van der Waals surface area contributed by atoms with Crippen LogP contribution in [0.15, 0.2) is 0 Å². The van der Waals surface area contributed by atoms with Gasteiger partial charge in [-0.05, 0) is 67.8 Å². The van der Waals surface area contributed by atoms with Crippen molar-refractivity contribution in [1.82, 2.24) is 4.90 Å². The molecule has 0 spiro atoms. The highest BCUT2D eigenvalue weighted by molar-refractivity contribution is 14.1. The normalized spacial score (nSPS) is 11.8. The summed E-state index contributed by atoms with van der Waals surface area (Å²) >= 11 is 5.66. The van der Waals surface area contributed by atoms with Crippen LogP contribution in [0.25, 0.3) is 0 Å². The first-order valence-electron chi connectivity index (χ1n) is 7.40. The number of nitrogens with one attached hydrogen (secondary N) is 1. The lowest BCUT2D eigenvalue weighted by molar-refractivity contribution is -0.119. The number of hydrogen-bond donors (Lipinski definition) is 4. The monoisotopic (exact) mass is 717 g/mol. The summed E-state index contributed by atoms with van der Waals surface area (Å²) in [7, 11) is 2.83. The molecule has 0 saturated heterocycles. The Morgan fingerprint density at radius 3 is 2.22 bits per heavy atom. The van der Waals surface area contributed by atoms with Gasteiger partial charge in [0.1, 0.15) is 6.61 Å². The number of nitrogens with two attached hydrogens (primary N) is 1. The SMILES string of the molecule is COCC(=O)Nc1c(I)c(C(N)=O)c(I)c(C(=O)N(C)CC(O)CO)c1I. The Morgan fingerprint density at radius 2 is 1.74 bits per heavy atom. The Hall–Kier alpha value is -0.300. The molecule has 0 aromatic heterocycles. The molecule has 0 bridgehead atoms. The molecular weight excluding hydrogens is 699 g/mol. The van der Waals surface area contributed by atoms with Crippen LogP contribution in [0.3, 0.4) is 0 Å². The van der Waals surface area contributed by atoms with Gasteiger partial charge in [0.2, 0.25) is 5.91 Å². The van der Waals surface area contributed by atoms with Crippen LogP contribution in [0.5, 0.6) is 0 Å². The van der Waals surface area contributed by atoms with Gasteiger partial charge in [0.25, 0.3) is 11.8 Å². The first kappa shape index (κ1) is 24.7. The van der Waals surface area contributed by atoms with Gasteiger partial charge in [-0.1, -0.05) is 0 Å².